The van der Waals surface area contributed by atoms with Crippen molar-refractivity contribution >= 4 is 54.6 Å². The lowest BCUT2D eigenvalue weighted by atomic mass is 9.88. The third-order valence-electron chi connectivity index (χ3n) is 13.1. The Balaban J connectivity index is 0.989. The minimum Gasteiger partial charge on any atom is -0.458 e. The van der Waals surface area contributed by atoms with Gasteiger partial charge < -0.3 is 9.30 Å². The molecule has 4 aromatic heterocycles. The summed E-state index contributed by atoms with van der Waals surface area (Å²) in [7, 11) is 0. The Morgan fingerprint density at radius 1 is 0.529 bits per heavy atom. The lowest BCUT2D eigenvalue weighted by Crippen LogP contribution is -2.31. The average Bonchev–Trinajstić information content (AvgIpc) is 4.34. The summed E-state index contributed by atoms with van der Waals surface area (Å²) in [5.74, 6) is 1.83. The molecule has 0 saturated heterocycles. The van der Waals surface area contributed by atoms with Gasteiger partial charge in [0.15, 0.2) is 0 Å². The lowest BCUT2D eigenvalue weighted by molar-refractivity contribution is -0.571. The maximum absolute atomic E-state index is 9.08. The first-order valence-electron chi connectivity index (χ1n) is 28.1. The molecule has 0 aliphatic carbocycles. The first-order chi connectivity index (χ1) is 38.5. The number of pyridine rings is 1. The lowest BCUT2D eigenvalue weighted by Gasteiger charge is -2.20. The van der Waals surface area contributed by atoms with E-state index in [0.717, 1.165) is 60.7 Å². The average molecular weight is 912 g/mol. The molecule has 334 valence electrons. The third kappa shape index (κ3) is 6.79. The van der Waals surface area contributed by atoms with Gasteiger partial charge in [0.2, 0.25) is 0 Å². The van der Waals surface area contributed by atoms with Crippen molar-refractivity contribution in [2.45, 2.75) is 26.2 Å². The molecule has 13 aromatic rings. The molecule has 0 N–H and O–H groups in total. The number of hydrogen-bond acceptors (Lipinski definition) is 2. The van der Waals surface area contributed by atoms with Gasteiger partial charge in [0.05, 0.1) is 63.9 Å². The van der Waals surface area contributed by atoms with Crippen LogP contribution in [0, 0.1) is 6.33 Å². The molecular formula is C64H47N5O. The van der Waals surface area contributed by atoms with E-state index < -0.39 is 60.4 Å². The monoisotopic (exact) mass is 911 g/mol. The fourth-order valence-corrected chi connectivity index (χ4v) is 9.90. The topological polar surface area (TPSA) is 40.8 Å². The van der Waals surface area contributed by atoms with Gasteiger partial charge >= 0.3 is 0 Å². The largest absolute Gasteiger partial charge is 0.458 e. The van der Waals surface area contributed by atoms with Crippen molar-refractivity contribution in [1.82, 2.24) is 18.7 Å². The van der Waals surface area contributed by atoms with E-state index in [1.54, 1.807) is 27.3 Å². The van der Waals surface area contributed by atoms with E-state index >= 15 is 0 Å². The number of nitrogens with zero attached hydrogens (tertiary/aromatic N) is 5. The highest BCUT2D eigenvalue weighted by Gasteiger charge is 2.24. The summed E-state index contributed by atoms with van der Waals surface area (Å²) in [4.78, 5) is 5.05. The van der Waals surface area contributed by atoms with Crippen LogP contribution in [0.1, 0.15) is 40.0 Å². The summed E-state index contributed by atoms with van der Waals surface area (Å²) in [5, 5.41) is 4.37. The van der Waals surface area contributed by atoms with Crippen LogP contribution in [-0.4, -0.2) is 18.7 Å². The van der Waals surface area contributed by atoms with Gasteiger partial charge in [0.1, 0.15) is 17.3 Å². The van der Waals surface area contributed by atoms with Crippen LogP contribution in [0.2, 0.25) is 0 Å². The van der Waals surface area contributed by atoms with Crippen LogP contribution in [0.15, 0.2) is 230 Å². The van der Waals surface area contributed by atoms with Crippen LogP contribution >= 0.6 is 0 Å². The summed E-state index contributed by atoms with van der Waals surface area (Å²) in [6, 6.07) is 48.2. The molecule has 0 saturated carbocycles. The smallest absolute Gasteiger partial charge is 0.269 e. The number of hydrogen-bond donors (Lipinski definition) is 0. The van der Waals surface area contributed by atoms with Crippen molar-refractivity contribution in [1.29, 1.82) is 0 Å². The zero-order chi connectivity index (χ0) is 55.6. The Labute approximate surface area is 420 Å². The summed E-state index contributed by atoms with van der Waals surface area (Å²) in [5.41, 5.74) is 8.06. The number of para-hydroxylation sites is 6. The number of ether oxygens (including phenoxy) is 1. The van der Waals surface area contributed by atoms with E-state index in [1.807, 2.05) is 66.9 Å². The predicted molar refractivity (Wildman–Crippen MR) is 286 cm³/mol. The van der Waals surface area contributed by atoms with E-state index in [2.05, 4.69) is 121 Å². The standard InChI is InChI=1S/C64H47N5O/c1-64(2,3)45-37-38-65-61(39-45)69-60-41-48(35-36-53(60)54-29-18-34-59(63(54)69)68-55-30-12-10-25-51(55)52-26-11-13-31-56(52)68)70-47-24-16-23-46(40-47)66-42-67(58-33-15-14-32-57(58)66)62-49(43-19-6-4-7-20-43)27-17-28-50(62)44-21-8-5-9-22-44/h4-41H,1-3H3/i4D,5D,6D,7D,8D,9D,19D,20D,21D,22D. The minimum atomic E-state index is -0.570. The highest BCUT2D eigenvalue weighted by molar-refractivity contribution is 6.15. The SMILES string of the molecule is [2H]c1c([2H])c([2H])c(-c2cccc(-c3c([2H])c([2H])c([2H])c([2H])c3[2H])c2-[n+]2[c-]n(-c3cccc(Oc4ccc5c6cccc(-n7c8ccccc8c8ccccc87)c6n(-c6cc(C(C)(C)C)ccn6)c5c4)c3)c3ccccc32)c([2H])c1[2H]. The van der Waals surface area contributed by atoms with Gasteiger partial charge in [-0.25, -0.2) is 4.98 Å². The van der Waals surface area contributed by atoms with Gasteiger partial charge in [0, 0.05) is 33.8 Å². The van der Waals surface area contributed by atoms with Crippen molar-refractivity contribution in [2.24, 2.45) is 0 Å². The molecule has 0 aliphatic rings. The van der Waals surface area contributed by atoms with Crippen molar-refractivity contribution in [3.8, 4) is 56.6 Å². The Morgan fingerprint density at radius 3 is 1.83 bits per heavy atom. The summed E-state index contributed by atoms with van der Waals surface area (Å²) in [6.07, 6.45) is 5.34. The molecular weight excluding hydrogens is 855 g/mol. The summed E-state index contributed by atoms with van der Waals surface area (Å²) in [6.45, 7) is 6.59. The Hall–Kier alpha value is -9.00. The number of fused-ring (bicyclic) bond motifs is 7. The Kier molecular flexibility index (Phi) is 7.45. The van der Waals surface area contributed by atoms with Crippen molar-refractivity contribution in [3.05, 3.63) is 242 Å². The molecule has 0 radical (unpaired) electrons. The first-order valence-corrected chi connectivity index (χ1v) is 23.1. The van der Waals surface area contributed by atoms with Crippen LogP contribution in [-0.2, 0) is 5.41 Å². The molecule has 70 heavy (non-hydrogen) atoms. The molecule has 6 heteroatoms. The molecule has 0 bridgehead atoms. The number of imidazole rings is 1. The fourth-order valence-electron chi connectivity index (χ4n) is 9.90. The second kappa shape index (κ2) is 16.4. The normalized spacial score (nSPS) is 13.9. The molecule has 9 aromatic carbocycles. The molecule has 0 aliphatic heterocycles. The van der Waals surface area contributed by atoms with Crippen LogP contribution < -0.4 is 9.30 Å². The van der Waals surface area contributed by atoms with Gasteiger partial charge in [-0.15, -0.1) is 0 Å². The number of benzene rings is 9. The maximum atomic E-state index is 9.08. The van der Waals surface area contributed by atoms with Crippen molar-refractivity contribution in [2.75, 3.05) is 0 Å². The van der Waals surface area contributed by atoms with E-state index in [9.17, 15) is 0 Å². The van der Waals surface area contributed by atoms with Crippen LogP contribution in [0.3, 0.4) is 0 Å². The zero-order valence-electron chi connectivity index (χ0n) is 48.3. The second-order valence-corrected chi connectivity index (χ2v) is 18.3. The number of aromatic nitrogens is 5. The molecule has 0 atom stereocenters. The first kappa shape index (κ1) is 31.9. The molecule has 6 nitrogen and oxygen atoms in total. The van der Waals surface area contributed by atoms with E-state index in [4.69, 9.17) is 23.4 Å². The van der Waals surface area contributed by atoms with Gasteiger partial charge in [-0.05, 0) is 93.9 Å². The fraction of sp³-hybridized carbons (Fsp3) is 0.0625. The highest BCUT2D eigenvalue weighted by atomic mass is 16.5. The summed E-state index contributed by atoms with van der Waals surface area (Å²) >= 11 is 0. The molecule has 0 unspecified atom stereocenters. The summed E-state index contributed by atoms with van der Waals surface area (Å²) < 4.78 is 102. The number of rotatable bonds is 8. The predicted octanol–water partition coefficient (Wildman–Crippen LogP) is 15.7. The molecule has 13 rings (SSSR count). The molecule has 0 amide bonds. The van der Waals surface area contributed by atoms with E-state index in [-0.39, 0.29) is 33.4 Å². The van der Waals surface area contributed by atoms with Gasteiger partial charge in [0.25, 0.3) is 6.33 Å². The van der Waals surface area contributed by atoms with Crippen molar-refractivity contribution < 1.29 is 23.0 Å². The van der Waals surface area contributed by atoms with Gasteiger partial charge in [-0.3, -0.25) is 13.7 Å². The minimum absolute atomic E-state index is 0.134. The zero-order valence-corrected chi connectivity index (χ0v) is 38.3. The van der Waals surface area contributed by atoms with Crippen LogP contribution in [0.5, 0.6) is 11.5 Å². The Morgan fingerprint density at radius 2 is 1.13 bits per heavy atom. The molecule has 4 heterocycles. The highest BCUT2D eigenvalue weighted by Crippen LogP contribution is 2.42. The quantitative estimate of drug-likeness (QED) is 0.113. The molecule has 0 fully saturated rings. The van der Waals surface area contributed by atoms with Gasteiger partial charge in [-0.1, -0.05) is 178 Å². The van der Waals surface area contributed by atoms with Gasteiger partial charge in [-0.2, -0.15) is 0 Å². The second-order valence-electron chi connectivity index (χ2n) is 18.3. The van der Waals surface area contributed by atoms with Crippen molar-refractivity contribution in [3.63, 3.8) is 0 Å². The van der Waals surface area contributed by atoms with Crippen LogP contribution in [0.4, 0.5) is 0 Å². The van der Waals surface area contributed by atoms with E-state index in [1.165, 1.54) is 0 Å². The van der Waals surface area contributed by atoms with Crippen LogP contribution in [0.25, 0.3) is 99.8 Å². The third-order valence-corrected chi connectivity index (χ3v) is 13.1. The Bertz CT molecular complexity index is 4570. The molecule has 0 spiro atoms. The van der Waals surface area contributed by atoms with E-state index in [0.29, 0.717) is 28.2 Å². The maximum Gasteiger partial charge on any atom is 0.269 e.